The van der Waals surface area contributed by atoms with Crippen molar-refractivity contribution in [2.45, 2.75) is 18.8 Å². The van der Waals surface area contributed by atoms with Gasteiger partial charge in [-0.15, -0.1) is 0 Å². The van der Waals surface area contributed by atoms with Crippen molar-refractivity contribution in [1.82, 2.24) is 5.32 Å². The van der Waals surface area contributed by atoms with E-state index in [0.29, 0.717) is 12.2 Å². The minimum atomic E-state index is -0.818. The lowest BCUT2D eigenvalue weighted by Crippen LogP contribution is -2.39. The van der Waals surface area contributed by atoms with Gasteiger partial charge in [-0.2, -0.15) is 0 Å². The molecule has 140 valence electrons. The molecule has 1 aromatic rings. The van der Waals surface area contributed by atoms with Crippen LogP contribution in [0.3, 0.4) is 0 Å². The highest BCUT2D eigenvalue weighted by atomic mass is 16.3. The number of rotatable bonds is 5. The van der Waals surface area contributed by atoms with Crippen molar-refractivity contribution >= 4 is 23.4 Å². The van der Waals surface area contributed by atoms with E-state index >= 15 is 0 Å². The molecular formula is C20H21N3O4. The minimum absolute atomic E-state index is 0.0895. The summed E-state index contributed by atoms with van der Waals surface area (Å²) in [7, 11) is 0. The molecule has 1 aromatic carbocycles. The van der Waals surface area contributed by atoms with Gasteiger partial charge in [0.2, 0.25) is 11.8 Å². The van der Waals surface area contributed by atoms with Crippen LogP contribution < -0.4 is 16.4 Å². The fourth-order valence-corrected chi connectivity index (χ4v) is 3.83. The third kappa shape index (κ3) is 3.23. The molecule has 7 nitrogen and oxygen atoms in total. The molecule has 7 heteroatoms. The van der Waals surface area contributed by atoms with E-state index in [4.69, 9.17) is 5.73 Å². The number of nitrogens with one attached hydrogen (secondary N) is 2. The zero-order valence-electron chi connectivity index (χ0n) is 14.9. The summed E-state index contributed by atoms with van der Waals surface area (Å²) >= 11 is 0. The van der Waals surface area contributed by atoms with Gasteiger partial charge < -0.3 is 21.5 Å². The van der Waals surface area contributed by atoms with Gasteiger partial charge in [-0.1, -0.05) is 24.8 Å². The Labute approximate surface area is 156 Å². The Morgan fingerprint density at radius 3 is 2.85 bits per heavy atom. The predicted molar refractivity (Wildman–Crippen MR) is 101 cm³/mol. The van der Waals surface area contributed by atoms with Crippen LogP contribution in [-0.4, -0.2) is 29.4 Å². The molecule has 1 saturated heterocycles. The van der Waals surface area contributed by atoms with Gasteiger partial charge in [-0.3, -0.25) is 14.4 Å². The maximum atomic E-state index is 12.2. The number of nitrogens with two attached hydrogens (primary N) is 1. The number of anilines is 1. The average Bonchev–Trinajstić information content (AvgIpc) is 3.00. The fourth-order valence-electron chi connectivity index (χ4n) is 3.83. The number of hydrogen-bond acceptors (Lipinski definition) is 4. The average molecular weight is 367 g/mol. The normalized spacial score (nSPS) is 23.6. The van der Waals surface area contributed by atoms with Gasteiger partial charge >= 0.3 is 0 Å². The van der Waals surface area contributed by atoms with Crippen LogP contribution in [0.1, 0.15) is 18.9 Å². The lowest BCUT2D eigenvalue weighted by Gasteiger charge is -2.39. The fraction of sp³-hybridized carbons (Fsp3) is 0.250. The van der Waals surface area contributed by atoms with Crippen LogP contribution in [0.25, 0.3) is 0 Å². The lowest BCUT2D eigenvalue weighted by atomic mass is 9.62. The number of aliphatic hydroxyl groups excluding tert-OH is 1. The van der Waals surface area contributed by atoms with Crippen molar-refractivity contribution in [2.24, 2.45) is 11.7 Å². The van der Waals surface area contributed by atoms with E-state index in [1.54, 1.807) is 24.3 Å². The Morgan fingerprint density at radius 1 is 1.44 bits per heavy atom. The number of carbonyl (C=O) groups excluding carboxylic acids is 3. The van der Waals surface area contributed by atoms with Crippen molar-refractivity contribution < 1.29 is 19.5 Å². The Kier molecular flexibility index (Phi) is 4.61. The number of primary amides is 1. The monoisotopic (exact) mass is 367 g/mol. The zero-order chi connectivity index (χ0) is 19.8. The summed E-state index contributed by atoms with van der Waals surface area (Å²) in [6, 6.07) is 7.18. The first-order valence-corrected chi connectivity index (χ1v) is 8.51. The molecule has 2 atom stereocenters. The van der Waals surface area contributed by atoms with E-state index < -0.39 is 17.2 Å². The standard InChI is InChI=1S/C20H21N3O4/c1-11(18(21)26)9-20(13-4-3-5-14(8-13)23-12(2)24)7-6-16(25)17-15(20)10-22-19(17)27/h3-8,15,25H,1,9-10H2,2H3,(H2,21,26)(H,22,27)(H,23,24). The summed E-state index contributed by atoms with van der Waals surface area (Å²) in [5.41, 5.74) is 6.46. The quantitative estimate of drug-likeness (QED) is 0.588. The number of benzene rings is 1. The second kappa shape index (κ2) is 6.75. The Bertz CT molecular complexity index is 916. The van der Waals surface area contributed by atoms with Crippen LogP contribution in [0, 0.1) is 5.92 Å². The smallest absolute Gasteiger partial charge is 0.251 e. The number of carbonyl (C=O) groups is 3. The van der Waals surface area contributed by atoms with Crippen molar-refractivity contribution in [3.8, 4) is 0 Å². The van der Waals surface area contributed by atoms with Gasteiger partial charge in [0.15, 0.2) is 0 Å². The topological polar surface area (TPSA) is 122 Å². The molecular weight excluding hydrogens is 346 g/mol. The van der Waals surface area contributed by atoms with E-state index in [0.717, 1.165) is 5.56 Å². The van der Waals surface area contributed by atoms with Gasteiger partial charge in [-0.25, -0.2) is 0 Å². The Morgan fingerprint density at radius 2 is 2.19 bits per heavy atom. The summed E-state index contributed by atoms with van der Waals surface area (Å²) in [4.78, 5) is 35.3. The van der Waals surface area contributed by atoms with E-state index in [2.05, 4.69) is 17.2 Å². The van der Waals surface area contributed by atoms with Crippen LogP contribution in [0.2, 0.25) is 0 Å². The number of amides is 3. The predicted octanol–water partition coefficient (Wildman–Crippen LogP) is 1.44. The van der Waals surface area contributed by atoms with Crippen LogP contribution in [0.5, 0.6) is 0 Å². The summed E-state index contributed by atoms with van der Waals surface area (Å²) in [5, 5.41) is 15.7. The number of hydrogen-bond donors (Lipinski definition) is 4. The summed E-state index contributed by atoms with van der Waals surface area (Å²) < 4.78 is 0. The Hall–Kier alpha value is -3.35. The molecule has 1 heterocycles. The van der Waals surface area contributed by atoms with Crippen molar-refractivity contribution in [1.29, 1.82) is 0 Å². The van der Waals surface area contributed by atoms with Crippen molar-refractivity contribution in [2.75, 3.05) is 11.9 Å². The molecule has 2 aliphatic rings. The number of fused-ring (bicyclic) bond motifs is 1. The molecule has 3 amide bonds. The molecule has 5 N–H and O–H groups in total. The minimum Gasteiger partial charge on any atom is -0.507 e. The molecule has 27 heavy (non-hydrogen) atoms. The summed E-state index contributed by atoms with van der Waals surface area (Å²) in [6.07, 6.45) is 3.42. The maximum absolute atomic E-state index is 12.2. The molecule has 1 aliphatic heterocycles. The zero-order valence-corrected chi connectivity index (χ0v) is 14.9. The summed E-state index contributed by atoms with van der Waals surface area (Å²) in [6.45, 7) is 5.50. The van der Waals surface area contributed by atoms with E-state index in [1.807, 2.05) is 6.07 Å². The summed E-state index contributed by atoms with van der Waals surface area (Å²) in [5.74, 6) is -1.67. The van der Waals surface area contributed by atoms with Gasteiger partial charge in [0.1, 0.15) is 5.76 Å². The van der Waals surface area contributed by atoms with Crippen LogP contribution in [0.15, 0.2) is 59.9 Å². The Balaban J connectivity index is 2.15. The van der Waals surface area contributed by atoms with Crippen molar-refractivity contribution in [3.63, 3.8) is 0 Å². The van der Waals surface area contributed by atoms with E-state index in [-0.39, 0.29) is 35.1 Å². The highest BCUT2D eigenvalue weighted by Gasteiger charge is 2.49. The highest BCUT2D eigenvalue weighted by molar-refractivity contribution is 5.98. The molecule has 3 rings (SSSR count). The molecule has 0 spiro atoms. The van der Waals surface area contributed by atoms with Crippen LogP contribution in [0.4, 0.5) is 5.69 Å². The second-order valence-electron chi connectivity index (χ2n) is 6.84. The number of aliphatic hydroxyl groups is 1. The van der Waals surface area contributed by atoms with Gasteiger partial charge in [-0.05, 0) is 30.2 Å². The third-order valence-corrected chi connectivity index (χ3v) is 5.07. The molecule has 0 saturated carbocycles. The van der Waals surface area contributed by atoms with E-state index in [9.17, 15) is 19.5 Å². The number of allylic oxidation sites excluding steroid dienone is 2. The lowest BCUT2D eigenvalue weighted by molar-refractivity contribution is -0.116. The van der Waals surface area contributed by atoms with Gasteiger partial charge in [0.25, 0.3) is 5.91 Å². The van der Waals surface area contributed by atoms with Gasteiger partial charge in [0, 0.05) is 36.1 Å². The maximum Gasteiger partial charge on any atom is 0.251 e. The molecule has 0 bridgehead atoms. The van der Waals surface area contributed by atoms with E-state index in [1.165, 1.54) is 13.0 Å². The largest absolute Gasteiger partial charge is 0.507 e. The molecule has 0 aromatic heterocycles. The van der Waals surface area contributed by atoms with Crippen LogP contribution >= 0.6 is 0 Å². The van der Waals surface area contributed by atoms with Gasteiger partial charge in [0.05, 0.1) is 5.57 Å². The molecule has 2 unspecified atom stereocenters. The first-order valence-electron chi connectivity index (χ1n) is 8.51. The SMILES string of the molecule is C=C(CC1(c2cccc(NC(C)=O)c2)C=CC(O)=C2C(=O)NCC21)C(N)=O. The molecule has 0 radical (unpaired) electrons. The van der Waals surface area contributed by atoms with Crippen LogP contribution in [-0.2, 0) is 19.8 Å². The molecule has 1 fully saturated rings. The second-order valence-corrected chi connectivity index (χ2v) is 6.84. The first-order chi connectivity index (χ1) is 12.7. The van der Waals surface area contributed by atoms with Crippen molar-refractivity contribution in [3.05, 3.63) is 65.5 Å². The highest BCUT2D eigenvalue weighted by Crippen LogP contribution is 2.48. The third-order valence-electron chi connectivity index (χ3n) is 5.07. The first kappa shape index (κ1) is 18.4. The molecule has 1 aliphatic carbocycles.